The first-order valence-corrected chi connectivity index (χ1v) is 9.61. The third-order valence-corrected chi connectivity index (χ3v) is 6.22. The lowest BCUT2D eigenvalue weighted by Crippen LogP contribution is -2.30. The van der Waals surface area contributed by atoms with Crippen molar-refractivity contribution in [1.82, 2.24) is 9.62 Å². The maximum absolute atomic E-state index is 12.1. The topological polar surface area (TPSA) is 49.4 Å². The summed E-state index contributed by atoms with van der Waals surface area (Å²) in [7, 11) is -1.51. The summed E-state index contributed by atoms with van der Waals surface area (Å²) >= 11 is 4.94. The number of thiophene rings is 1. The standard InChI is InChI=1S/C12H21BrN2O2S2/c1-3-5-14-6-4-7-19(16,17)15(2)9-12-8-11(13)10-18-12/h8,10,14H,3-7,9H2,1-2H3. The number of rotatable bonds is 9. The predicted molar refractivity (Wildman–Crippen MR) is 85.1 cm³/mol. The first-order chi connectivity index (χ1) is 8.95. The fourth-order valence-electron chi connectivity index (χ4n) is 1.59. The van der Waals surface area contributed by atoms with Gasteiger partial charge >= 0.3 is 0 Å². The van der Waals surface area contributed by atoms with Crippen LogP contribution in [0.25, 0.3) is 0 Å². The summed E-state index contributed by atoms with van der Waals surface area (Å²) in [6.45, 7) is 4.24. The van der Waals surface area contributed by atoms with E-state index in [-0.39, 0.29) is 5.75 Å². The smallest absolute Gasteiger partial charge is 0.214 e. The zero-order valence-electron chi connectivity index (χ0n) is 11.4. The lowest BCUT2D eigenvalue weighted by Gasteiger charge is -2.16. The Kier molecular flexibility index (Phi) is 7.53. The third kappa shape index (κ3) is 6.35. The Bertz CT molecular complexity index is 474. The highest BCUT2D eigenvalue weighted by Gasteiger charge is 2.18. The van der Waals surface area contributed by atoms with Crippen LogP contribution in [-0.2, 0) is 16.6 Å². The molecule has 0 radical (unpaired) electrons. The molecule has 7 heteroatoms. The van der Waals surface area contributed by atoms with Gasteiger partial charge in [0.05, 0.1) is 5.75 Å². The Morgan fingerprint density at radius 3 is 2.74 bits per heavy atom. The van der Waals surface area contributed by atoms with Crippen molar-refractivity contribution >= 4 is 37.3 Å². The Labute approximate surface area is 128 Å². The Balaban J connectivity index is 2.39. The summed E-state index contributed by atoms with van der Waals surface area (Å²) in [4.78, 5) is 1.04. The van der Waals surface area contributed by atoms with Crippen LogP contribution in [0, 0.1) is 0 Å². The molecular formula is C12H21BrN2O2S2. The molecule has 1 N–H and O–H groups in total. The summed E-state index contributed by atoms with van der Waals surface area (Å²) in [5.74, 6) is 0.201. The van der Waals surface area contributed by atoms with Gasteiger partial charge in [-0.1, -0.05) is 6.92 Å². The summed E-state index contributed by atoms with van der Waals surface area (Å²) in [5.41, 5.74) is 0. The van der Waals surface area contributed by atoms with E-state index in [0.717, 1.165) is 28.9 Å². The molecular weight excluding hydrogens is 348 g/mol. The number of hydrogen-bond acceptors (Lipinski definition) is 4. The summed E-state index contributed by atoms with van der Waals surface area (Å²) in [5, 5.41) is 5.18. The summed E-state index contributed by atoms with van der Waals surface area (Å²) in [6, 6.07) is 1.96. The fraction of sp³-hybridized carbons (Fsp3) is 0.667. The fourth-order valence-corrected chi connectivity index (χ4v) is 4.33. The number of nitrogens with one attached hydrogen (secondary N) is 1. The van der Waals surface area contributed by atoms with Gasteiger partial charge in [0, 0.05) is 28.3 Å². The van der Waals surface area contributed by atoms with E-state index in [1.807, 2.05) is 11.4 Å². The lowest BCUT2D eigenvalue weighted by atomic mass is 10.4. The van der Waals surface area contributed by atoms with Gasteiger partial charge < -0.3 is 5.32 Å². The molecule has 1 aromatic heterocycles. The largest absolute Gasteiger partial charge is 0.317 e. The molecule has 4 nitrogen and oxygen atoms in total. The van der Waals surface area contributed by atoms with Gasteiger partial charge in [0.2, 0.25) is 10.0 Å². The van der Waals surface area contributed by atoms with Crippen molar-refractivity contribution < 1.29 is 8.42 Å². The van der Waals surface area contributed by atoms with Crippen molar-refractivity contribution in [3.8, 4) is 0 Å². The van der Waals surface area contributed by atoms with Crippen molar-refractivity contribution in [3.63, 3.8) is 0 Å². The molecule has 0 spiro atoms. The van der Waals surface area contributed by atoms with E-state index in [4.69, 9.17) is 0 Å². The van der Waals surface area contributed by atoms with Gasteiger partial charge in [-0.05, 0) is 47.9 Å². The highest BCUT2D eigenvalue weighted by Crippen LogP contribution is 2.21. The number of halogens is 1. The molecule has 1 rings (SSSR count). The molecule has 110 valence electrons. The second kappa shape index (κ2) is 8.36. The molecule has 0 fully saturated rings. The third-order valence-electron chi connectivity index (χ3n) is 2.66. The van der Waals surface area contributed by atoms with Crippen molar-refractivity contribution in [1.29, 1.82) is 0 Å². The first kappa shape index (κ1) is 17.1. The number of sulfonamides is 1. The Hall–Kier alpha value is 0.0500. The maximum atomic E-state index is 12.1. The average Bonchev–Trinajstić information content (AvgIpc) is 2.74. The van der Waals surface area contributed by atoms with Crippen molar-refractivity contribution in [2.75, 3.05) is 25.9 Å². The van der Waals surface area contributed by atoms with Crippen molar-refractivity contribution in [3.05, 3.63) is 20.8 Å². The van der Waals surface area contributed by atoms with Crippen LogP contribution < -0.4 is 5.32 Å². The van der Waals surface area contributed by atoms with E-state index in [1.54, 1.807) is 18.4 Å². The highest BCUT2D eigenvalue weighted by molar-refractivity contribution is 9.10. The first-order valence-electron chi connectivity index (χ1n) is 6.33. The molecule has 0 aliphatic rings. The molecule has 1 heterocycles. The monoisotopic (exact) mass is 368 g/mol. The van der Waals surface area contributed by atoms with Crippen LogP contribution in [-0.4, -0.2) is 38.6 Å². The number of hydrogen-bond donors (Lipinski definition) is 1. The van der Waals surface area contributed by atoms with Crippen LogP contribution in [0.2, 0.25) is 0 Å². The molecule has 0 bridgehead atoms. The lowest BCUT2D eigenvalue weighted by molar-refractivity contribution is 0.467. The number of nitrogens with zero attached hydrogens (tertiary/aromatic N) is 1. The molecule has 0 aliphatic heterocycles. The van der Waals surface area contributed by atoms with Gasteiger partial charge in [-0.2, -0.15) is 4.31 Å². The van der Waals surface area contributed by atoms with Crippen LogP contribution in [0.1, 0.15) is 24.6 Å². The van der Waals surface area contributed by atoms with Crippen molar-refractivity contribution in [2.45, 2.75) is 26.3 Å². The van der Waals surface area contributed by atoms with E-state index < -0.39 is 10.0 Å². The molecule has 0 atom stereocenters. The second-order valence-corrected chi connectivity index (χ2v) is 8.51. The van der Waals surface area contributed by atoms with Crippen LogP contribution >= 0.6 is 27.3 Å². The normalized spacial score (nSPS) is 12.2. The van der Waals surface area contributed by atoms with Gasteiger partial charge in [-0.25, -0.2) is 8.42 Å². The van der Waals surface area contributed by atoms with E-state index in [2.05, 4.69) is 28.2 Å². The predicted octanol–water partition coefficient (Wildman–Crippen LogP) is 2.66. The molecule has 0 amide bonds. The van der Waals surface area contributed by atoms with Gasteiger partial charge in [0.15, 0.2) is 0 Å². The van der Waals surface area contributed by atoms with Crippen LogP contribution in [0.3, 0.4) is 0 Å². The molecule has 0 saturated carbocycles. The van der Waals surface area contributed by atoms with E-state index in [1.165, 1.54) is 4.31 Å². The van der Waals surface area contributed by atoms with Crippen LogP contribution in [0.4, 0.5) is 0 Å². The summed E-state index contributed by atoms with van der Waals surface area (Å²) < 4.78 is 26.6. The van der Waals surface area contributed by atoms with Crippen LogP contribution in [0.15, 0.2) is 15.9 Å². The van der Waals surface area contributed by atoms with Gasteiger partial charge in [0.1, 0.15) is 0 Å². The SMILES string of the molecule is CCCNCCCS(=O)(=O)N(C)Cc1cc(Br)cs1. The van der Waals surface area contributed by atoms with Crippen molar-refractivity contribution in [2.24, 2.45) is 0 Å². The minimum absolute atomic E-state index is 0.201. The maximum Gasteiger partial charge on any atom is 0.214 e. The summed E-state index contributed by atoms with van der Waals surface area (Å²) in [6.07, 6.45) is 1.72. The zero-order chi connectivity index (χ0) is 14.3. The molecule has 0 unspecified atom stereocenters. The molecule has 0 aliphatic carbocycles. The quantitative estimate of drug-likeness (QED) is 0.681. The van der Waals surface area contributed by atoms with E-state index in [9.17, 15) is 8.42 Å². The minimum Gasteiger partial charge on any atom is -0.317 e. The zero-order valence-corrected chi connectivity index (χ0v) is 14.6. The Morgan fingerprint density at radius 1 is 1.42 bits per heavy atom. The van der Waals surface area contributed by atoms with Crippen LogP contribution in [0.5, 0.6) is 0 Å². The van der Waals surface area contributed by atoms with Gasteiger partial charge in [-0.3, -0.25) is 0 Å². The minimum atomic E-state index is -3.15. The molecule has 0 saturated heterocycles. The average molecular weight is 369 g/mol. The second-order valence-electron chi connectivity index (χ2n) is 4.41. The Morgan fingerprint density at radius 2 is 2.16 bits per heavy atom. The molecule has 19 heavy (non-hydrogen) atoms. The molecule has 0 aromatic carbocycles. The van der Waals surface area contributed by atoms with Gasteiger partial charge in [-0.15, -0.1) is 11.3 Å². The van der Waals surface area contributed by atoms with E-state index >= 15 is 0 Å². The van der Waals surface area contributed by atoms with E-state index in [0.29, 0.717) is 13.0 Å². The van der Waals surface area contributed by atoms with Gasteiger partial charge in [0.25, 0.3) is 0 Å². The molecule has 1 aromatic rings. The highest BCUT2D eigenvalue weighted by atomic mass is 79.9.